The van der Waals surface area contributed by atoms with Crippen LogP contribution in [0, 0.1) is 5.82 Å². The van der Waals surface area contributed by atoms with Crippen LogP contribution < -0.4 is 20.7 Å². The zero-order chi connectivity index (χ0) is 27.9. The van der Waals surface area contributed by atoms with Gasteiger partial charge in [-0.15, -0.1) is 0 Å². The molecule has 0 bridgehead atoms. The highest BCUT2D eigenvalue weighted by atomic mass is 35.5. The molecule has 3 N–H and O–H groups in total. The summed E-state index contributed by atoms with van der Waals surface area (Å²) in [5.41, 5.74) is 3.09. The highest BCUT2D eigenvalue weighted by Crippen LogP contribution is 2.32. The van der Waals surface area contributed by atoms with Crippen molar-refractivity contribution >= 4 is 39.9 Å². The number of anilines is 2. The van der Waals surface area contributed by atoms with Gasteiger partial charge in [-0.2, -0.15) is 0 Å². The third kappa shape index (κ3) is 6.93. The second kappa shape index (κ2) is 12.6. The van der Waals surface area contributed by atoms with Crippen molar-refractivity contribution < 1.29 is 18.3 Å². The lowest BCUT2D eigenvalue weighted by Crippen LogP contribution is -2.29. The number of halogens is 2. The summed E-state index contributed by atoms with van der Waals surface area (Å²) in [4.78, 5) is 19.8. The van der Waals surface area contributed by atoms with Gasteiger partial charge in [0, 0.05) is 36.7 Å². The maximum atomic E-state index is 13.4. The molecule has 2 heterocycles. The molecule has 0 radical (unpaired) electrons. The summed E-state index contributed by atoms with van der Waals surface area (Å²) in [7, 11) is 0. The Morgan fingerprint density at radius 1 is 1.02 bits per heavy atom. The van der Waals surface area contributed by atoms with E-state index < -0.39 is 0 Å². The molecule has 0 fully saturated rings. The van der Waals surface area contributed by atoms with Crippen molar-refractivity contribution in [1.29, 1.82) is 0 Å². The standard InChI is InChI=1S/C30H27ClFN5O3/c1-19(38)34-12-11-33-16-24-7-10-28(40-24)21-5-8-27-25(14-21)30(36-18-35-27)37-23-6-9-29(26(31)15-23)39-17-20-3-2-4-22(32)13-20/h2-10,13-15,18,33H,11-12,16-17H2,1H3,(H,34,38)(H,35,36,37). The Bertz CT molecular complexity index is 1640. The quantitative estimate of drug-likeness (QED) is 0.165. The van der Waals surface area contributed by atoms with Crippen LogP contribution in [0.2, 0.25) is 5.02 Å². The SMILES string of the molecule is CC(=O)NCCNCc1ccc(-c2ccc3ncnc(Nc4ccc(OCc5cccc(F)c5)c(Cl)c4)c3c2)o1. The molecule has 2 aromatic heterocycles. The van der Waals surface area contributed by atoms with Gasteiger partial charge in [-0.3, -0.25) is 4.79 Å². The number of carbonyl (C=O) groups excluding carboxylic acids is 1. The number of ether oxygens (including phenoxy) is 1. The average Bonchev–Trinajstić information content (AvgIpc) is 3.41. The van der Waals surface area contributed by atoms with E-state index in [-0.39, 0.29) is 18.3 Å². The lowest BCUT2D eigenvalue weighted by atomic mass is 10.1. The molecule has 204 valence electrons. The molecule has 5 rings (SSSR count). The molecule has 0 aliphatic rings. The summed E-state index contributed by atoms with van der Waals surface area (Å²) in [6.07, 6.45) is 1.50. The number of benzene rings is 3. The molecule has 0 aliphatic carbocycles. The number of aromatic nitrogens is 2. The van der Waals surface area contributed by atoms with Gasteiger partial charge in [-0.05, 0) is 66.2 Å². The van der Waals surface area contributed by atoms with Crippen LogP contribution in [0.1, 0.15) is 18.2 Å². The Morgan fingerprint density at radius 2 is 1.93 bits per heavy atom. The van der Waals surface area contributed by atoms with Crippen molar-refractivity contribution in [1.82, 2.24) is 20.6 Å². The second-order valence-electron chi connectivity index (χ2n) is 9.07. The van der Waals surface area contributed by atoms with Crippen molar-refractivity contribution in [3.63, 3.8) is 0 Å². The number of rotatable bonds is 11. The lowest BCUT2D eigenvalue weighted by molar-refractivity contribution is -0.118. The maximum absolute atomic E-state index is 13.4. The topological polar surface area (TPSA) is 101 Å². The summed E-state index contributed by atoms with van der Waals surface area (Å²) in [5.74, 6) is 2.25. The van der Waals surface area contributed by atoms with Gasteiger partial charge in [0.25, 0.3) is 0 Å². The first-order valence-electron chi connectivity index (χ1n) is 12.7. The van der Waals surface area contributed by atoms with Crippen LogP contribution in [0.3, 0.4) is 0 Å². The predicted octanol–water partition coefficient (Wildman–Crippen LogP) is 6.23. The van der Waals surface area contributed by atoms with E-state index in [0.29, 0.717) is 41.8 Å². The monoisotopic (exact) mass is 559 g/mol. The summed E-state index contributed by atoms with van der Waals surface area (Å²) in [6, 6.07) is 21.3. The molecule has 0 saturated heterocycles. The van der Waals surface area contributed by atoms with E-state index in [1.807, 2.05) is 36.4 Å². The van der Waals surface area contributed by atoms with Crippen LogP contribution in [0.4, 0.5) is 15.9 Å². The zero-order valence-electron chi connectivity index (χ0n) is 21.7. The Balaban J connectivity index is 1.28. The number of hydrogen-bond donors (Lipinski definition) is 3. The molecule has 5 aromatic rings. The van der Waals surface area contributed by atoms with Gasteiger partial charge >= 0.3 is 0 Å². The van der Waals surface area contributed by atoms with Crippen LogP contribution in [-0.2, 0) is 17.9 Å². The fourth-order valence-electron chi connectivity index (χ4n) is 4.10. The normalized spacial score (nSPS) is 11.0. The minimum absolute atomic E-state index is 0.0528. The van der Waals surface area contributed by atoms with Gasteiger partial charge in [0.05, 0.1) is 17.1 Å². The Hall–Kier alpha value is -4.47. The number of hydrogen-bond acceptors (Lipinski definition) is 7. The van der Waals surface area contributed by atoms with Gasteiger partial charge in [0.15, 0.2) is 0 Å². The maximum Gasteiger partial charge on any atom is 0.216 e. The summed E-state index contributed by atoms with van der Waals surface area (Å²) >= 11 is 6.48. The molecule has 0 unspecified atom stereocenters. The van der Waals surface area contributed by atoms with Gasteiger partial charge in [-0.1, -0.05) is 23.7 Å². The van der Waals surface area contributed by atoms with Crippen LogP contribution in [0.5, 0.6) is 5.75 Å². The van der Waals surface area contributed by atoms with Crippen molar-refractivity contribution in [3.8, 4) is 17.1 Å². The highest BCUT2D eigenvalue weighted by molar-refractivity contribution is 6.32. The molecule has 8 nitrogen and oxygen atoms in total. The van der Waals surface area contributed by atoms with E-state index in [4.69, 9.17) is 20.8 Å². The predicted molar refractivity (Wildman–Crippen MR) is 153 cm³/mol. The first kappa shape index (κ1) is 27.1. The first-order chi connectivity index (χ1) is 19.4. The van der Waals surface area contributed by atoms with Crippen LogP contribution in [-0.4, -0.2) is 29.0 Å². The van der Waals surface area contributed by atoms with Crippen LogP contribution in [0.25, 0.3) is 22.2 Å². The van der Waals surface area contributed by atoms with Gasteiger partial charge in [0.1, 0.15) is 41.8 Å². The fourth-order valence-corrected chi connectivity index (χ4v) is 4.33. The number of amides is 1. The fraction of sp³-hybridized carbons (Fsp3) is 0.167. The van der Waals surface area contributed by atoms with Crippen molar-refractivity contribution in [2.45, 2.75) is 20.1 Å². The minimum atomic E-state index is -0.313. The van der Waals surface area contributed by atoms with Crippen LogP contribution in [0.15, 0.2) is 83.5 Å². The molecule has 3 aromatic carbocycles. The number of nitrogens with one attached hydrogen (secondary N) is 3. The average molecular weight is 560 g/mol. The van der Waals surface area contributed by atoms with E-state index in [1.54, 1.807) is 24.3 Å². The van der Waals surface area contributed by atoms with E-state index in [2.05, 4.69) is 25.9 Å². The molecular formula is C30H27ClFN5O3. The highest BCUT2D eigenvalue weighted by Gasteiger charge is 2.11. The molecule has 40 heavy (non-hydrogen) atoms. The van der Waals surface area contributed by atoms with Gasteiger partial charge in [0.2, 0.25) is 5.91 Å². The molecule has 10 heteroatoms. The van der Waals surface area contributed by atoms with Crippen molar-refractivity contribution in [2.24, 2.45) is 0 Å². The molecule has 1 amide bonds. The van der Waals surface area contributed by atoms with Crippen molar-refractivity contribution in [2.75, 3.05) is 18.4 Å². The third-order valence-corrected chi connectivity index (χ3v) is 6.33. The van der Waals surface area contributed by atoms with E-state index in [0.717, 1.165) is 33.7 Å². The summed E-state index contributed by atoms with van der Waals surface area (Å²) < 4.78 is 25.3. The Morgan fingerprint density at radius 3 is 2.75 bits per heavy atom. The first-order valence-corrected chi connectivity index (χ1v) is 13.1. The summed E-state index contributed by atoms with van der Waals surface area (Å²) in [5, 5.41) is 10.5. The number of fused-ring (bicyclic) bond motifs is 1. The second-order valence-corrected chi connectivity index (χ2v) is 9.48. The molecule has 0 spiro atoms. The minimum Gasteiger partial charge on any atom is -0.487 e. The lowest BCUT2D eigenvalue weighted by Gasteiger charge is -2.12. The van der Waals surface area contributed by atoms with E-state index in [1.165, 1.54) is 25.4 Å². The third-order valence-electron chi connectivity index (χ3n) is 6.03. The van der Waals surface area contributed by atoms with E-state index >= 15 is 0 Å². The number of carbonyl (C=O) groups is 1. The Labute approximate surface area is 235 Å². The molecule has 0 saturated carbocycles. The van der Waals surface area contributed by atoms with Crippen molar-refractivity contribution in [3.05, 3.63) is 101 Å². The largest absolute Gasteiger partial charge is 0.487 e. The number of furan rings is 1. The van der Waals surface area contributed by atoms with E-state index in [9.17, 15) is 9.18 Å². The summed E-state index contributed by atoms with van der Waals surface area (Å²) in [6.45, 7) is 3.44. The molecule has 0 atom stereocenters. The number of nitrogens with zero attached hydrogens (tertiary/aromatic N) is 2. The Kier molecular flexibility index (Phi) is 8.53. The molecule has 0 aliphatic heterocycles. The van der Waals surface area contributed by atoms with Crippen LogP contribution >= 0.6 is 11.6 Å². The van der Waals surface area contributed by atoms with Gasteiger partial charge in [-0.25, -0.2) is 14.4 Å². The molecular weight excluding hydrogens is 533 g/mol. The zero-order valence-corrected chi connectivity index (χ0v) is 22.5. The van der Waals surface area contributed by atoms with Gasteiger partial charge < -0.3 is 25.1 Å². The smallest absolute Gasteiger partial charge is 0.216 e.